The minimum Gasteiger partial charge on any atom is -0.350 e. The summed E-state index contributed by atoms with van der Waals surface area (Å²) in [6, 6.07) is 11.9. The van der Waals surface area contributed by atoms with E-state index in [1.165, 1.54) is 18.6 Å². The lowest BCUT2D eigenvalue weighted by Crippen LogP contribution is -2.32. The standard InChI is InChI=1S/C21H21N3O3S/c1-15-5-6-16(2)19(12-15)28(26,27)20(18-4-3-9-23-13-18)14-24-21(25)17-7-10-22-11-8-17/h3-13,20H,14H2,1-2H3,(H,24,25)/t20-/m1/s1. The van der Waals surface area contributed by atoms with Gasteiger partial charge in [0.1, 0.15) is 5.25 Å². The molecule has 0 bridgehead atoms. The maximum atomic E-state index is 13.5. The van der Waals surface area contributed by atoms with Crippen LogP contribution in [0.15, 0.2) is 72.1 Å². The molecule has 7 heteroatoms. The number of amides is 1. The number of pyridine rings is 2. The molecule has 3 aromatic rings. The fraction of sp³-hybridized carbons (Fsp3) is 0.190. The zero-order valence-electron chi connectivity index (χ0n) is 15.7. The normalized spacial score (nSPS) is 12.4. The molecule has 28 heavy (non-hydrogen) atoms. The van der Waals surface area contributed by atoms with Crippen LogP contribution >= 0.6 is 0 Å². The van der Waals surface area contributed by atoms with Crippen molar-refractivity contribution in [3.05, 3.63) is 89.5 Å². The van der Waals surface area contributed by atoms with Gasteiger partial charge in [0.15, 0.2) is 9.84 Å². The van der Waals surface area contributed by atoms with E-state index in [0.29, 0.717) is 16.7 Å². The van der Waals surface area contributed by atoms with Crippen molar-refractivity contribution in [2.24, 2.45) is 0 Å². The molecular weight excluding hydrogens is 374 g/mol. The molecule has 0 saturated heterocycles. The smallest absolute Gasteiger partial charge is 0.251 e. The van der Waals surface area contributed by atoms with Crippen molar-refractivity contribution in [1.82, 2.24) is 15.3 Å². The van der Waals surface area contributed by atoms with E-state index in [1.54, 1.807) is 49.5 Å². The van der Waals surface area contributed by atoms with Crippen molar-refractivity contribution in [2.45, 2.75) is 24.0 Å². The van der Waals surface area contributed by atoms with E-state index in [4.69, 9.17) is 0 Å². The summed E-state index contributed by atoms with van der Waals surface area (Å²) in [5, 5.41) is 1.78. The number of carbonyl (C=O) groups is 1. The van der Waals surface area contributed by atoms with Gasteiger partial charge in [0.25, 0.3) is 5.91 Å². The Labute approximate surface area is 164 Å². The molecule has 3 rings (SSSR count). The summed E-state index contributed by atoms with van der Waals surface area (Å²) in [5.74, 6) is -0.354. The molecule has 0 spiro atoms. The van der Waals surface area contributed by atoms with Crippen LogP contribution in [0.2, 0.25) is 0 Å². The second kappa shape index (κ2) is 8.31. The Bertz CT molecular complexity index is 1070. The molecular formula is C21H21N3O3S. The maximum absolute atomic E-state index is 13.5. The van der Waals surface area contributed by atoms with Gasteiger partial charge in [-0.25, -0.2) is 8.42 Å². The van der Waals surface area contributed by atoms with Gasteiger partial charge in [0.2, 0.25) is 0 Å². The third-order valence-electron chi connectivity index (χ3n) is 4.47. The largest absolute Gasteiger partial charge is 0.350 e. The lowest BCUT2D eigenvalue weighted by atomic mass is 10.2. The predicted octanol–water partition coefficient (Wildman–Crippen LogP) is 3.04. The SMILES string of the molecule is Cc1ccc(C)c(S(=O)(=O)[C@H](CNC(=O)c2ccncc2)c2cccnc2)c1. The van der Waals surface area contributed by atoms with E-state index in [1.807, 2.05) is 13.0 Å². The number of hydrogen-bond acceptors (Lipinski definition) is 5. The number of sulfone groups is 1. The number of rotatable bonds is 6. The van der Waals surface area contributed by atoms with Crippen LogP contribution in [0.4, 0.5) is 0 Å². The lowest BCUT2D eigenvalue weighted by Gasteiger charge is -2.20. The second-order valence-electron chi connectivity index (χ2n) is 6.53. The highest BCUT2D eigenvalue weighted by Crippen LogP contribution is 2.30. The van der Waals surface area contributed by atoms with E-state index >= 15 is 0 Å². The van der Waals surface area contributed by atoms with Gasteiger partial charge in [0.05, 0.1) is 4.90 Å². The summed E-state index contributed by atoms with van der Waals surface area (Å²) in [6.45, 7) is 3.55. The Morgan fingerprint density at radius 3 is 2.46 bits per heavy atom. The van der Waals surface area contributed by atoms with Gasteiger partial charge in [-0.2, -0.15) is 0 Å². The van der Waals surface area contributed by atoms with E-state index in [-0.39, 0.29) is 17.3 Å². The van der Waals surface area contributed by atoms with E-state index < -0.39 is 15.1 Å². The van der Waals surface area contributed by atoms with Crippen LogP contribution in [0.1, 0.15) is 32.3 Å². The van der Waals surface area contributed by atoms with Crippen LogP contribution in [0, 0.1) is 13.8 Å². The fourth-order valence-corrected chi connectivity index (χ4v) is 4.90. The monoisotopic (exact) mass is 395 g/mol. The topological polar surface area (TPSA) is 89.0 Å². The highest BCUT2D eigenvalue weighted by atomic mass is 32.2. The van der Waals surface area contributed by atoms with Gasteiger partial charge in [0, 0.05) is 36.9 Å². The highest BCUT2D eigenvalue weighted by molar-refractivity contribution is 7.91. The van der Waals surface area contributed by atoms with E-state index in [9.17, 15) is 13.2 Å². The summed E-state index contributed by atoms with van der Waals surface area (Å²) in [5.41, 5.74) is 2.47. The number of nitrogens with one attached hydrogen (secondary N) is 1. The van der Waals surface area contributed by atoms with Crippen LogP contribution in [-0.4, -0.2) is 30.8 Å². The van der Waals surface area contributed by atoms with Gasteiger partial charge < -0.3 is 5.32 Å². The number of aryl methyl sites for hydroxylation is 2. The number of hydrogen-bond donors (Lipinski definition) is 1. The molecule has 0 saturated carbocycles. The molecule has 0 aliphatic carbocycles. The Morgan fingerprint density at radius 1 is 1.04 bits per heavy atom. The first-order valence-electron chi connectivity index (χ1n) is 8.79. The number of benzene rings is 1. The van der Waals surface area contributed by atoms with Gasteiger partial charge in [-0.3, -0.25) is 14.8 Å². The van der Waals surface area contributed by atoms with Crippen molar-refractivity contribution in [3.63, 3.8) is 0 Å². The zero-order valence-corrected chi connectivity index (χ0v) is 16.5. The first-order chi connectivity index (χ1) is 13.4. The molecule has 6 nitrogen and oxygen atoms in total. The van der Waals surface area contributed by atoms with Crippen LogP contribution in [0.25, 0.3) is 0 Å². The minimum atomic E-state index is -3.75. The lowest BCUT2D eigenvalue weighted by molar-refractivity contribution is 0.0953. The first-order valence-corrected chi connectivity index (χ1v) is 10.3. The average Bonchev–Trinajstić information content (AvgIpc) is 2.71. The van der Waals surface area contributed by atoms with Crippen LogP contribution in [0.3, 0.4) is 0 Å². The fourth-order valence-electron chi connectivity index (χ4n) is 2.93. The Morgan fingerprint density at radius 2 is 1.79 bits per heavy atom. The molecule has 2 aromatic heterocycles. The van der Waals surface area contributed by atoms with Crippen molar-refractivity contribution in [2.75, 3.05) is 6.54 Å². The summed E-state index contributed by atoms with van der Waals surface area (Å²) in [4.78, 5) is 20.6. The molecule has 0 fully saturated rings. The molecule has 1 N–H and O–H groups in total. The Balaban J connectivity index is 1.96. The highest BCUT2D eigenvalue weighted by Gasteiger charge is 2.31. The van der Waals surface area contributed by atoms with Gasteiger partial charge in [-0.05, 0) is 54.8 Å². The van der Waals surface area contributed by atoms with Gasteiger partial charge in [-0.1, -0.05) is 18.2 Å². The van der Waals surface area contributed by atoms with E-state index in [0.717, 1.165) is 5.56 Å². The van der Waals surface area contributed by atoms with Crippen LogP contribution in [0.5, 0.6) is 0 Å². The quantitative estimate of drug-likeness (QED) is 0.693. The summed E-state index contributed by atoms with van der Waals surface area (Å²) in [6.07, 6.45) is 6.13. The third kappa shape index (κ3) is 4.26. The average molecular weight is 395 g/mol. The molecule has 2 heterocycles. The van der Waals surface area contributed by atoms with E-state index in [2.05, 4.69) is 15.3 Å². The molecule has 0 radical (unpaired) electrons. The summed E-state index contributed by atoms with van der Waals surface area (Å²) in [7, 11) is -3.75. The van der Waals surface area contributed by atoms with Gasteiger partial charge >= 0.3 is 0 Å². The van der Waals surface area contributed by atoms with Crippen molar-refractivity contribution in [3.8, 4) is 0 Å². The van der Waals surface area contributed by atoms with Crippen molar-refractivity contribution >= 4 is 15.7 Å². The van der Waals surface area contributed by atoms with Gasteiger partial charge in [-0.15, -0.1) is 0 Å². The van der Waals surface area contributed by atoms with Crippen LogP contribution in [-0.2, 0) is 9.84 Å². The van der Waals surface area contributed by atoms with Crippen LogP contribution < -0.4 is 5.32 Å². The molecule has 1 aromatic carbocycles. The zero-order chi connectivity index (χ0) is 20.1. The number of carbonyl (C=O) groups excluding carboxylic acids is 1. The molecule has 144 valence electrons. The maximum Gasteiger partial charge on any atom is 0.251 e. The Hall–Kier alpha value is -3.06. The van der Waals surface area contributed by atoms with Crippen molar-refractivity contribution < 1.29 is 13.2 Å². The molecule has 1 amide bonds. The predicted molar refractivity (Wildman–Crippen MR) is 107 cm³/mol. The minimum absolute atomic E-state index is 0.0669. The molecule has 0 aliphatic rings. The number of aromatic nitrogens is 2. The molecule has 0 aliphatic heterocycles. The molecule has 0 unspecified atom stereocenters. The third-order valence-corrected chi connectivity index (χ3v) is 6.71. The second-order valence-corrected chi connectivity index (χ2v) is 8.63. The van der Waals surface area contributed by atoms with Crippen molar-refractivity contribution in [1.29, 1.82) is 0 Å². The number of nitrogens with zero attached hydrogens (tertiary/aromatic N) is 2. The molecule has 1 atom stereocenters. The summed E-state index contributed by atoms with van der Waals surface area (Å²) < 4.78 is 26.9. The first kappa shape index (κ1) is 19.7. The summed E-state index contributed by atoms with van der Waals surface area (Å²) >= 11 is 0. The Kier molecular flexibility index (Phi) is 5.84.